The molecule has 1 atom stereocenters. The van der Waals surface area contributed by atoms with Gasteiger partial charge in [-0.25, -0.2) is 5.43 Å². The lowest BCUT2D eigenvalue weighted by molar-refractivity contribution is 0.640. The summed E-state index contributed by atoms with van der Waals surface area (Å²) in [6.45, 7) is 0. The van der Waals surface area contributed by atoms with Gasteiger partial charge >= 0.3 is 0 Å². The highest BCUT2D eigenvalue weighted by atomic mass is 35.5. The van der Waals surface area contributed by atoms with Gasteiger partial charge in [-0.05, 0) is 29.8 Å². The van der Waals surface area contributed by atoms with Crippen molar-refractivity contribution >= 4 is 34.2 Å². The van der Waals surface area contributed by atoms with Crippen LogP contribution in [0.5, 0.6) is 0 Å². The molecule has 0 fully saturated rings. The maximum atomic E-state index is 6.28. The van der Waals surface area contributed by atoms with Crippen molar-refractivity contribution in [2.45, 2.75) is 6.04 Å². The molecule has 2 aromatic carbocycles. The topological polar surface area (TPSA) is 63.8 Å². The zero-order valence-corrected chi connectivity index (χ0v) is 12.4. The van der Waals surface area contributed by atoms with Gasteiger partial charge in [0.2, 0.25) is 0 Å². The Labute approximate surface area is 131 Å². The summed E-state index contributed by atoms with van der Waals surface area (Å²) in [4.78, 5) is 8.70. The summed E-state index contributed by atoms with van der Waals surface area (Å²) < 4.78 is 0. The van der Waals surface area contributed by atoms with E-state index in [1.807, 2.05) is 18.2 Å². The van der Waals surface area contributed by atoms with E-state index in [0.29, 0.717) is 10.0 Å². The molecule has 106 valence electrons. The van der Waals surface area contributed by atoms with Crippen LogP contribution in [0.15, 0.2) is 48.8 Å². The molecule has 6 heteroatoms. The minimum absolute atomic E-state index is 0.323. The second-order valence-corrected chi connectivity index (χ2v) is 5.38. The van der Waals surface area contributed by atoms with E-state index in [2.05, 4.69) is 15.4 Å². The normalized spacial score (nSPS) is 12.5. The summed E-state index contributed by atoms with van der Waals surface area (Å²) in [5.74, 6) is 5.75. The van der Waals surface area contributed by atoms with E-state index in [9.17, 15) is 0 Å². The number of benzene rings is 2. The minimum Gasteiger partial charge on any atom is -0.271 e. The van der Waals surface area contributed by atoms with Crippen LogP contribution in [0.2, 0.25) is 10.0 Å². The number of rotatable bonds is 3. The van der Waals surface area contributed by atoms with E-state index in [4.69, 9.17) is 29.0 Å². The van der Waals surface area contributed by atoms with Crippen molar-refractivity contribution < 1.29 is 0 Å². The maximum absolute atomic E-state index is 6.28. The summed E-state index contributed by atoms with van der Waals surface area (Å²) in [6, 6.07) is 10.7. The van der Waals surface area contributed by atoms with Gasteiger partial charge in [0.1, 0.15) is 0 Å². The third-order valence-electron chi connectivity index (χ3n) is 3.28. The quantitative estimate of drug-likeness (QED) is 0.573. The summed E-state index contributed by atoms with van der Waals surface area (Å²) in [5, 5.41) is 1.18. The first-order chi connectivity index (χ1) is 10.2. The Morgan fingerprint density at radius 1 is 1.00 bits per heavy atom. The molecule has 0 saturated carbocycles. The number of hydrogen-bond acceptors (Lipinski definition) is 4. The number of nitrogens with one attached hydrogen (secondary N) is 1. The number of nitrogens with zero attached hydrogens (tertiary/aromatic N) is 2. The van der Waals surface area contributed by atoms with Crippen molar-refractivity contribution in [2.24, 2.45) is 5.84 Å². The molecule has 4 nitrogen and oxygen atoms in total. The fourth-order valence-corrected chi connectivity index (χ4v) is 2.74. The van der Waals surface area contributed by atoms with Crippen LogP contribution >= 0.6 is 23.2 Å². The molecule has 0 amide bonds. The Morgan fingerprint density at radius 3 is 2.62 bits per heavy atom. The zero-order valence-electron chi connectivity index (χ0n) is 10.9. The molecule has 0 radical (unpaired) electrons. The summed E-state index contributed by atoms with van der Waals surface area (Å²) in [6.07, 6.45) is 3.31. The molecule has 0 saturated heterocycles. The molecule has 0 aliphatic rings. The smallest absolute Gasteiger partial charge is 0.0938 e. The standard InChI is InChI=1S/C15H12Cl2N4/c16-9-4-5-12(17)11(8-9)14(21-18)10-2-1-3-13-15(10)20-7-6-19-13/h1-8,14,21H,18H2. The van der Waals surface area contributed by atoms with Crippen LogP contribution in [0, 0.1) is 0 Å². The molecular formula is C15H12Cl2N4. The van der Waals surface area contributed by atoms with Crippen LogP contribution in [0.1, 0.15) is 17.2 Å². The Bertz CT molecular complexity index is 786. The average molecular weight is 319 g/mol. The number of hydrazine groups is 1. The second-order valence-electron chi connectivity index (χ2n) is 4.54. The van der Waals surface area contributed by atoms with Gasteiger partial charge in [0, 0.05) is 28.0 Å². The van der Waals surface area contributed by atoms with Gasteiger partial charge in [-0.2, -0.15) is 0 Å². The predicted molar refractivity (Wildman–Crippen MR) is 85.2 cm³/mol. The molecule has 1 unspecified atom stereocenters. The molecule has 1 aromatic heterocycles. The molecule has 0 spiro atoms. The van der Waals surface area contributed by atoms with Gasteiger partial charge in [0.25, 0.3) is 0 Å². The largest absolute Gasteiger partial charge is 0.271 e. The van der Waals surface area contributed by atoms with Crippen LogP contribution in [-0.4, -0.2) is 9.97 Å². The Morgan fingerprint density at radius 2 is 1.81 bits per heavy atom. The van der Waals surface area contributed by atoms with Crippen LogP contribution in [0.25, 0.3) is 11.0 Å². The van der Waals surface area contributed by atoms with Crippen LogP contribution in [-0.2, 0) is 0 Å². The minimum atomic E-state index is -0.323. The third-order valence-corrected chi connectivity index (χ3v) is 3.86. The molecule has 3 N–H and O–H groups in total. The van der Waals surface area contributed by atoms with Crippen molar-refractivity contribution in [1.82, 2.24) is 15.4 Å². The molecule has 3 rings (SSSR count). The van der Waals surface area contributed by atoms with E-state index in [1.165, 1.54) is 0 Å². The molecule has 3 aromatic rings. The average Bonchev–Trinajstić information content (AvgIpc) is 2.51. The Kier molecular flexibility index (Phi) is 4.03. The molecule has 21 heavy (non-hydrogen) atoms. The fourth-order valence-electron chi connectivity index (χ4n) is 2.33. The van der Waals surface area contributed by atoms with Gasteiger partial charge in [0.15, 0.2) is 0 Å². The number of hydrogen-bond donors (Lipinski definition) is 2. The molecule has 0 aliphatic heterocycles. The first kappa shape index (κ1) is 14.2. The van der Waals surface area contributed by atoms with Crippen molar-refractivity contribution in [2.75, 3.05) is 0 Å². The monoisotopic (exact) mass is 318 g/mol. The van der Waals surface area contributed by atoms with Crippen molar-refractivity contribution in [1.29, 1.82) is 0 Å². The fraction of sp³-hybridized carbons (Fsp3) is 0.0667. The van der Waals surface area contributed by atoms with Crippen LogP contribution < -0.4 is 11.3 Å². The van der Waals surface area contributed by atoms with Gasteiger partial charge in [-0.1, -0.05) is 35.3 Å². The highest BCUT2D eigenvalue weighted by Crippen LogP contribution is 2.32. The number of fused-ring (bicyclic) bond motifs is 1. The molecule has 0 bridgehead atoms. The highest BCUT2D eigenvalue weighted by molar-refractivity contribution is 6.33. The van der Waals surface area contributed by atoms with Crippen molar-refractivity contribution in [3.63, 3.8) is 0 Å². The zero-order chi connectivity index (χ0) is 14.8. The molecular weight excluding hydrogens is 307 g/mol. The summed E-state index contributed by atoms with van der Waals surface area (Å²) in [7, 11) is 0. The number of aromatic nitrogens is 2. The molecule has 0 aliphatic carbocycles. The highest BCUT2D eigenvalue weighted by Gasteiger charge is 2.19. The predicted octanol–water partition coefficient (Wildman–Crippen LogP) is 3.49. The van der Waals surface area contributed by atoms with Gasteiger partial charge < -0.3 is 0 Å². The van der Waals surface area contributed by atoms with E-state index < -0.39 is 0 Å². The van der Waals surface area contributed by atoms with Crippen molar-refractivity contribution in [3.8, 4) is 0 Å². The Hall–Kier alpha value is -1.72. The summed E-state index contributed by atoms with van der Waals surface area (Å²) in [5.41, 5.74) is 6.05. The van der Waals surface area contributed by atoms with E-state index in [1.54, 1.807) is 30.6 Å². The van der Waals surface area contributed by atoms with Crippen LogP contribution in [0.4, 0.5) is 0 Å². The van der Waals surface area contributed by atoms with E-state index in [0.717, 1.165) is 22.2 Å². The van der Waals surface area contributed by atoms with Gasteiger partial charge in [-0.15, -0.1) is 0 Å². The first-order valence-electron chi connectivity index (χ1n) is 6.31. The Balaban J connectivity index is 2.21. The number of halogens is 2. The lowest BCUT2D eigenvalue weighted by Crippen LogP contribution is -2.29. The third kappa shape index (κ3) is 2.71. The van der Waals surface area contributed by atoms with E-state index >= 15 is 0 Å². The SMILES string of the molecule is NNC(c1cc(Cl)ccc1Cl)c1cccc2nccnc12. The summed E-state index contributed by atoms with van der Waals surface area (Å²) >= 11 is 12.3. The van der Waals surface area contributed by atoms with E-state index in [-0.39, 0.29) is 6.04 Å². The number of nitrogens with two attached hydrogens (primary N) is 1. The lowest BCUT2D eigenvalue weighted by Gasteiger charge is -2.19. The van der Waals surface area contributed by atoms with Crippen LogP contribution in [0.3, 0.4) is 0 Å². The van der Waals surface area contributed by atoms with Gasteiger partial charge in [-0.3, -0.25) is 15.8 Å². The second kappa shape index (κ2) is 5.95. The van der Waals surface area contributed by atoms with Crippen molar-refractivity contribution in [3.05, 3.63) is 70.0 Å². The number of para-hydroxylation sites is 1. The lowest BCUT2D eigenvalue weighted by atomic mass is 9.98. The van der Waals surface area contributed by atoms with Gasteiger partial charge in [0.05, 0.1) is 17.1 Å². The first-order valence-corrected chi connectivity index (χ1v) is 7.07. The molecule has 1 heterocycles. The maximum Gasteiger partial charge on any atom is 0.0938 e.